The molecule has 0 unspecified atom stereocenters. The zero-order valence-corrected chi connectivity index (χ0v) is 25.3. The van der Waals surface area contributed by atoms with Gasteiger partial charge >= 0.3 is 20.6 Å². The van der Waals surface area contributed by atoms with Crippen molar-refractivity contribution in [3.8, 4) is 0 Å². The minimum Gasteiger partial charge on any atom is -0.462 e. The third-order valence-electron chi connectivity index (χ3n) is 6.86. The second-order valence-corrected chi connectivity index (χ2v) is 10.9. The van der Waals surface area contributed by atoms with E-state index in [0.29, 0.717) is 12.8 Å². The molecule has 2 N–H and O–H groups in total. The van der Waals surface area contributed by atoms with Crippen molar-refractivity contribution >= 4 is 20.6 Å². The first-order valence-corrected chi connectivity index (χ1v) is 16.4. The summed E-state index contributed by atoms with van der Waals surface area (Å²) in [6, 6.07) is 0. The maximum absolute atomic E-state index is 12.2. The maximum atomic E-state index is 12.2. The third kappa shape index (κ3) is 28.0. The molecule has 1 atom stereocenters. The van der Waals surface area contributed by atoms with Gasteiger partial charge in [0, 0.05) is 12.8 Å². The lowest BCUT2D eigenvalue weighted by Crippen LogP contribution is -2.28. The smallest absolute Gasteiger partial charge is 0.327 e. The molecular weight excluding hydrogens is 501 g/mol. The van der Waals surface area contributed by atoms with Gasteiger partial charge in [0.25, 0.3) is 0 Å². The van der Waals surface area contributed by atoms with Gasteiger partial charge in [-0.1, -0.05) is 122 Å². The molecule has 38 heavy (non-hydrogen) atoms. The van der Waals surface area contributed by atoms with E-state index in [4.69, 9.17) is 19.7 Å². The van der Waals surface area contributed by atoms with Gasteiger partial charge in [-0.05, 0) is 25.8 Å². The van der Waals surface area contributed by atoms with E-state index in [1.165, 1.54) is 89.9 Å². The second kappa shape index (κ2) is 30.5. The van der Waals surface area contributed by atoms with Gasteiger partial charge in [0.2, 0.25) is 0 Å². The molecule has 0 bridgehead atoms. The molecule has 224 valence electrons. The van der Waals surface area contributed by atoms with Crippen LogP contribution in [0, 0.1) is 0 Å². The Morgan fingerprint density at radius 1 is 0.605 bits per heavy atom. The highest BCUT2D eigenvalue weighted by Crippen LogP contribution is 2.14. The lowest BCUT2D eigenvalue weighted by atomic mass is 10.0. The molecule has 0 heterocycles. The Hall–Kier alpha value is -1.04. The Kier molecular flexibility index (Phi) is 29.7. The molecule has 8 heteroatoms. The summed E-state index contributed by atoms with van der Waals surface area (Å²) in [5, 5.41) is 0. The van der Waals surface area contributed by atoms with Crippen LogP contribution < -0.4 is 5.73 Å². The highest BCUT2D eigenvalue weighted by atomic mass is 31.1. The Labute approximate surface area is 235 Å². The summed E-state index contributed by atoms with van der Waals surface area (Å²) in [6.45, 7) is 2.91. The third-order valence-corrected chi connectivity index (χ3v) is 7.12. The van der Waals surface area contributed by atoms with E-state index in [2.05, 4.69) is 6.92 Å². The van der Waals surface area contributed by atoms with Crippen molar-refractivity contribution in [2.24, 2.45) is 5.73 Å². The molecule has 0 aliphatic carbocycles. The summed E-state index contributed by atoms with van der Waals surface area (Å²) in [7, 11) is -0.485. The van der Waals surface area contributed by atoms with Gasteiger partial charge in [-0.25, -0.2) is 4.57 Å². The van der Waals surface area contributed by atoms with Crippen molar-refractivity contribution in [3.05, 3.63) is 0 Å². The SMILES string of the molecule is CCCCCCCCCCCC(=O)O[C@@H](COP=O)COC(=O)CCCCCCCCCCCCCCN. The quantitative estimate of drug-likeness (QED) is 0.0533. The highest BCUT2D eigenvalue weighted by Gasteiger charge is 2.17. The van der Waals surface area contributed by atoms with Crippen molar-refractivity contribution in [3.63, 3.8) is 0 Å². The van der Waals surface area contributed by atoms with Crippen LogP contribution in [-0.2, 0) is 28.2 Å². The first-order valence-electron chi connectivity index (χ1n) is 15.6. The molecule has 0 aliphatic heterocycles. The number of carbonyl (C=O) groups excluding carboxylic acids is 2. The Bertz CT molecular complexity index is 549. The molecular formula is C30H58NO6P. The van der Waals surface area contributed by atoms with Gasteiger partial charge in [-0.15, -0.1) is 0 Å². The lowest BCUT2D eigenvalue weighted by Gasteiger charge is -2.16. The Morgan fingerprint density at radius 2 is 1.03 bits per heavy atom. The number of ether oxygens (including phenoxy) is 2. The molecule has 0 radical (unpaired) electrons. The van der Waals surface area contributed by atoms with E-state index in [-0.39, 0.29) is 25.2 Å². The predicted molar refractivity (Wildman–Crippen MR) is 155 cm³/mol. The molecule has 0 fully saturated rings. The summed E-state index contributed by atoms with van der Waals surface area (Å²) >= 11 is 0. The van der Waals surface area contributed by atoms with Crippen LogP contribution in [0.2, 0.25) is 0 Å². The van der Waals surface area contributed by atoms with Crippen molar-refractivity contribution in [1.82, 2.24) is 0 Å². The largest absolute Gasteiger partial charge is 0.462 e. The maximum Gasteiger partial charge on any atom is 0.327 e. The summed E-state index contributed by atoms with van der Waals surface area (Å²) in [5.74, 6) is -0.619. The van der Waals surface area contributed by atoms with Gasteiger partial charge in [0.15, 0.2) is 6.10 Å². The fraction of sp³-hybridized carbons (Fsp3) is 0.933. The summed E-state index contributed by atoms with van der Waals surface area (Å²) in [4.78, 5) is 24.3. The zero-order valence-electron chi connectivity index (χ0n) is 24.4. The van der Waals surface area contributed by atoms with E-state index in [9.17, 15) is 14.2 Å². The molecule has 0 aliphatic rings. The molecule has 0 rings (SSSR count). The van der Waals surface area contributed by atoms with Crippen LogP contribution in [0.25, 0.3) is 0 Å². The van der Waals surface area contributed by atoms with E-state index < -0.39 is 14.8 Å². The van der Waals surface area contributed by atoms with Gasteiger partial charge in [0.05, 0.1) is 0 Å². The number of nitrogens with two attached hydrogens (primary N) is 1. The van der Waals surface area contributed by atoms with Gasteiger partial charge in [-0.3, -0.25) is 14.1 Å². The summed E-state index contributed by atoms with van der Waals surface area (Å²) < 4.78 is 26.2. The molecule has 7 nitrogen and oxygen atoms in total. The van der Waals surface area contributed by atoms with Crippen LogP contribution in [-0.4, -0.2) is 37.8 Å². The van der Waals surface area contributed by atoms with Crippen molar-refractivity contribution in [2.75, 3.05) is 19.8 Å². The van der Waals surface area contributed by atoms with E-state index >= 15 is 0 Å². The second-order valence-electron chi connectivity index (χ2n) is 10.5. The minimum absolute atomic E-state index is 0.0600. The molecule has 0 spiro atoms. The van der Waals surface area contributed by atoms with E-state index in [1.54, 1.807) is 0 Å². The van der Waals surface area contributed by atoms with Crippen molar-refractivity contribution < 1.29 is 28.2 Å². The number of esters is 2. The average molecular weight is 560 g/mol. The van der Waals surface area contributed by atoms with Gasteiger partial charge < -0.3 is 15.2 Å². The van der Waals surface area contributed by atoms with Crippen LogP contribution in [0.3, 0.4) is 0 Å². The number of rotatable bonds is 30. The molecule has 0 aromatic rings. The lowest BCUT2D eigenvalue weighted by molar-refractivity contribution is -0.160. The monoisotopic (exact) mass is 559 g/mol. The van der Waals surface area contributed by atoms with Crippen molar-refractivity contribution in [1.29, 1.82) is 0 Å². The predicted octanol–water partition coefficient (Wildman–Crippen LogP) is 8.62. The number of carbonyl (C=O) groups is 2. The molecule has 0 amide bonds. The van der Waals surface area contributed by atoms with E-state index in [1.807, 2.05) is 0 Å². The van der Waals surface area contributed by atoms with Crippen molar-refractivity contribution in [2.45, 2.75) is 161 Å². The molecule has 0 saturated heterocycles. The van der Waals surface area contributed by atoms with Crippen LogP contribution in [0.4, 0.5) is 0 Å². The van der Waals surface area contributed by atoms with Crippen LogP contribution >= 0.6 is 8.69 Å². The van der Waals surface area contributed by atoms with Crippen LogP contribution in [0.5, 0.6) is 0 Å². The fourth-order valence-corrected chi connectivity index (χ4v) is 4.72. The fourth-order valence-electron chi connectivity index (χ4n) is 4.49. The number of unbranched alkanes of at least 4 members (excludes halogenated alkanes) is 19. The minimum atomic E-state index is -0.730. The Balaban J connectivity index is 3.77. The summed E-state index contributed by atoms with van der Waals surface area (Å²) in [5.41, 5.74) is 5.51. The van der Waals surface area contributed by atoms with Crippen LogP contribution in [0.15, 0.2) is 0 Å². The standard InChI is InChI=1S/C30H58NO6P/c1-2-3-4-5-6-11-15-18-21-24-30(33)37-28(27-36-38-34)26-35-29(32)23-20-17-14-12-9-7-8-10-13-16-19-22-25-31/h28H,2-27,31H2,1H3/t28-/m1/s1. The zero-order chi connectivity index (χ0) is 27.9. The normalized spacial score (nSPS) is 12.1. The van der Waals surface area contributed by atoms with Crippen LogP contribution in [0.1, 0.15) is 155 Å². The number of hydrogen-bond acceptors (Lipinski definition) is 7. The van der Waals surface area contributed by atoms with Gasteiger partial charge in [0.1, 0.15) is 13.2 Å². The highest BCUT2D eigenvalue weighted by molar-refractivity contribution is 7.17. The Morgan fingerprint density at radius 3 is 1.47 bits per heavy atom. The van der Waals surface area contributed by atoms with Gasteiger partial charge in [-0.2, -0.15) is 0 Å². The molecule has 0 aromatic heterocycles. The first kappa shape index (κ1) is 37.0. The molecule has 0 aromatic carbocycles. The average Bonchev–Trinajstić information content (AvgIpc) is 2.91. The molecule has 0 saturated carbocycles. The first-order chi connectivity index (χ1) is 18.6. The topological polar surface area (TPSA) is 105 Å². The number of hydrogen-bond donors (Lipinski definition) is 1. The van der Waals surface area contributed by atoms with E-state index in [0.717, 1.165) is 51.5 Å². The summed E-state index contributed by atoms with van der Waals surface area (Å²) in [6.07, 6.45) is 25.0.